The molecule has 0 atom stereocenters. The van der Waals surface area contributed by atoms with E-state index in [1.165, 1.54) is 25.9 Å². The van der Waals surface area contributed by atoms with Gasteiger partial charge < -0.3 is 20.3 Å². The molecule has 0 saturated carbocycles. The summed E-state index contributed by atoms with van der Waals surface area (Å²) in [7, 11) is 0. The van der Waals surface area contributed by atoms with Crippen LogP contribution in [0.15, 0.2) is 0 Å². The Labute approximate surface area is 135 Å². The van der Waals surface area contributed by atoms with Crippen molar-refractivity contribution in [3.8, 4) is 0 Å². The highest BCUT2D eigenvalue weighted by atomic mass is 16.6. The van der Waals surface area contributed by atoms with Gasteiger partial charge in [0.1, 0.15) is 5.60 Å². The van der Waals surface area contributed by atoms with Crippen LogP contribution in [0.3, 0.4) is 0 Å². The number of likely N-dealkylation sites (tertiary alicyclic amines) is 1. The number of hydrogen-bond acceptors (Lipinski definition) is 4. The molecule has 5 nitrogen and oxygen atoms in total. The third-order valence-corrected chi connectivity index (χ3v) is 4.59. The zero-order valence-electron chi connectivity index (χ0n) is 14.5. The van der Waals surface area contributed by atoms with E-state index in [-0.39, 0.29) is 6.09 Å². The molecule has 0 spiro atoms. The van der Waals surface area contributed by atoms with E-state index >= 15 is 0 Å². The predicted octanol–water partition coefficient (Wildman–Crippen LogP) is 2.22. The maximum atomic E-state index is 12.0. The maximum absolute atomic E-state index is 12.0. The van der Waals surface area contributed by atoms with Crippen LogP contribution in [0.4, 0.5) is 4.79 Å². The maximum Gasteiger partial charge on any atom is 0.410 e. The van der Waals surface area contributed by atoms with Crippen LogP contribution in [0.1, 0.15) is 46.5 Å². The number of nitrogens with zero attached hydrogens (tertiary/aromatic N) is 1. The number of nitrogens with one attached hydrogen (secondary N) is 2. The van der Waals surface area contributed by atoms with E-state index in [0.717, 1.165) is 44.9 Å². The first-order valence-electron chi connectivity index (χ1n) is 8.83. The molecule has 5 heteroatoms. The van der Waals surface area contributed by atoms with Crippen molar-refractivity contribution in [1.82, 2.24) is 15.5 Å². The average Bonchev–Trinajstić information content (AvgIpc) is 2.47. The molecule has 128 valence electrons. The molecule has 0 radical (unpaired) electrons. The fraction of sp³-hybridized carbons (Fsp3) is 0.941. The normalized spacial score (nSPS) is 21.9. The Morgan fingerprint density at radius 2 is 1.64 bits per heavy atom. The minimum absolute atomic E-state index is 0.159. The van der Waals surface area contributed by atoms with Gasteiger partial charge in [0.05, 0.1) is 0 Å². The first-order valence-corrected chi connectivity index (χ1v) is 8.83. The summed E-state index contributed by atoms with van der Waals surface area (Å²) in [5.74, 6) is 1.53. The summed E-state index contributed by atoms with van der Waals surface area (Å²) in [5, 5.41) is 7.05. The molecule has 0 bridgehead atoms. The SMILES string of the molecule is CC(C)(C)OC(=O)N1CCC(CNCC2CCNCC2)CC1. The summed E-state index contributed by atoms with van der Waals surface area (Å²) < 4.78 is 5.44. The van der Waals surface area contributed by atoms with Gasteiger partial charge in [0, 0.05) is 13.1 Å². The molecule has 0 unspecified atom stereocenters. The number of carbonyl (C=O) groups excluding carboxylic acids is 1. The molecule has 2 aliphatic rings. The lowest BCUT2D eigenvalue weighted by molar-refractivity contribution is 0.0184. The molecule has 2 fully saturated rings. The van der Waals surface area contributed by atoms with Gasteiger partial charge in [0.15, 0.2) is 0 Å². The molecule has 0 aliphatic carbocycles. The summed E-state index contributed by atoms with van der Waals surface area (Å²) >= 11 is 0. The lowest BCUT2D eigenvalue weighted by atomic mass is 9.95. The summed E-state index contributed by atoms with van der Waals surface area (Å²) in [5.41, 5.74) is -0.398. The molecule has 22 heavy (non-hydrogen) atoms. The molecule has 1 amide bonds. The number of hydrogen-bond donors (Lipinski definition) is 2. The van der Waals surface area contributed by atoms with Crippen LogP contribution >= 0.6 is 0 Å². The Morgan fingerprint density at radius 1 is 1.09 bits per heavy atom. The first kappa shape index (κ1) is 17.5. The van der Waals surface area contributed by atoms with Gasteiger partial charge in [-0.3, -0.25) is 0 Å². The van der Waals surface area contributed by atoms with Crippen LogP contribution in [0.25, 0.3) is 0 Å². The van der Waals surface area contributed by atoms with Crippen LogP contribution in [0.2, 0.25) is 0 Å². The first-order chi connectivity index (χ1) is 10.4. The molecule has 2 rings (SSSR count). The minimum atomic E-state index is -0.398. The summed E-state index contributed by atoms with van der Waals surface area (Å²) in [4.78, 5) is 13.9. The molecule has 2 saturated heterocycles. The van der Waals surface area contributed by atoms with E-state index in [2.05, 4.69) is 10.6 Å². The van der Waals surface area contributed by atoms with Gasteiger partial charge in [0.25, 0.3) is 0 Å². The lowest BCUT2D eigenvalue weighted by Gasteiger charge is -2.33. The van der Waals surface area contributed by atoms with Crippen LogP contribution in [-0.4, -0.2) is 55.9 Å². The molecular formula is C17H33N3O2. The molecule has 2 heterocycles. The van der Waals surface area contributed by atoms with Gasteiger partial charge in [-0.05, 0) is 84.5 Å². The Balaban J connectivity index is 1.59. The zero-order chi connectivity index (χ0) is 16.0. The highest BCUT2D eigenvalue weighted by Gasteiger charge is 2.26. The Kier molecular flexibility index (Phi) is 6.50. The smallest absolute Gasteiger partial charge is 0.410 e. The molecule has 2 N–H and O–H groups in total. The molecular weight excluding hydrogens is 278 g/mol. The summed E-state index contributed by atoms with van der Waals surface area (Å²) in [6.45, 7) is 12.0. The second-order valence-electron chi connectivity index (χ2n) is 7.76. The van der Waals surface area contributed by atoms with Gasteiger partial charge in [-0.15, -0.1) is 0 Å². The van der Waals surface area contributed by atoms with Gasteiger partial charge in [0.2, 0.25) is 0 Å². The second-order valence-corrected chi connectivity index (χ2v) is 7.76. The highest BCUT2D eigenvalue weighted by molar-refractivity contribution is 5.68. The van der Waals surface area contributed by atoms with Crippen molar-refractivity contribution in [3.05, 3.63) is 0 Å². The van der Waals surface area contributed by atoms with Crippen LogP contribution in [0.5, 0.6) is 0 Å². The molecule has 0 aromatic carbocycles. The van der Waals surface area contributed by atoms with E-state index in [1.807, 2.05) is 25.7 Å². The third kappa shape index (κ3) is 6.13. The van der Waals surface area contributed by atoms with Crippen molar-refractivity contribution in [1.29, 1.82) is 0 Å². The predicted molar refractivity (Wildman–Crippen MR) is 89.0 cm³/mol. The van der Waals surface area contributed by atoms with E-state index in [9.17, 15) is 4.79 Å². The number of amides is 1. The molecule has 0 aromatic heterocycles. The van der Waals surface area contributed by atoms with Crippen molar-refractivity contribution in [2.75, 3.05) is 39.3 Å². The van der Waals surface area contributed by atoms with Crippen LogP contribution < -0.4 is 10.6 Å². The van der Waals surface area contributed by atoms with Gasteiger partial charge >= 0.3 is 6.09 Å². The van der Waals surface area contributed by atoms with Crippen molar-refractivity contribution in [2.45, 2.75) is 52.1 Å². The largest absolute Gasteiger partial charge is 0.444 e. The third-order valence-electron chi connectivity index (χ3n) is 4.59. The van der Waals surface area contributed by atoms with Crippen LogP contribution in [0, 0.1) is 11.8 Å². The Morgan fingerprint density at radius 3 is 2.18 bits per heavy atom. The van der Waals surface area contributed by atoms with Gasteiger partial charge in [-0.2, -0.15) is 0 Å². The quantitative estimate of drug-likeness (QED) is 0.836. The fourth-order valence-corrected chi connectivity index (χ4v) is 3.22. The Hall–Kier alpha value is -0.810. The van der Waals surface area contributed by atoms with E-state index < -0.39 is 5.60 Å². The lowest BCUT2D eigenvalue weighted by Crippen LogP contribution is -2.43. The molecule has 2 aliphatic heterocycles. The molecule has 0 aromatic rings. The van der Waals surface area contributed by atoms with Crippen molar-refractivity contribution >= 4 is 6.09 Å². The summed E-state index contributed by atoms with van der Waals surface area (Å²) in [6.07, 6.45) is 4.60. The number of piperidine rings is 2. The highest BCUT2D eigenvalue weighted by Crippen LogP contribution is 2.19. The zero-order valence-corrected chi connectivity index (χ0v) is 14.5. The van der Waals surface area contributed by atoms with E-state index in [1.54, 1.807) is 0 Å². The number of carbonyl (C=O) groups is 1. The van der Waals surface area contributed by atoms with Gasteiger partial charge in [-0.1, -0.05) is 0 Å². The monoisotopic (exact) mass is 311 g/mol. The standard InChI is InChI=1S/C17H33N3O2/c1-17(2,3)22-16(21)20-10-6-15(7-11-20)13-19-12-14-4-8-18-9-5-14/h14-15,18-19H,4-13H2,1-3H3. The van der Waals surface area contributed by atoms with Gasteiger partial charge in [-0.25, -0.2) is 4.79 Å². The summed E-state index contributed by atoms with van der Waals surface area (Å²) in [6, 6.07) is 0. The van der Waals surface area contributed by atoms with E-state index in [0.29, 0.717) is 5.92 Å². The minimum Gasteiger partial charge on any atom is -0.444 e. The van der Waals surface area contributed by atoms with E-state index in [4.69, 9.17) is 4.74 Å². The van der Waals surface area contributed by atoms with Crippen molar-refractivity contribution in [3.63, 3.8) is 0 Å². The van der Waals surface area contributed by atoms with Crippen molar-refractivity contribution in [2.24, 2.45) is 11.8 Å². The second kappa shape index (κ2) is 8.16. The topological polar surface area (TPSA) is 53.6 Å². The fourth-order valence-electron chi connectivity index (χ4n) is 3.22. The van der Waals surface area contributed by atoms with Crippen molar-refractivity contribution < 1.29 is 9.53 Å². The average molecular weight is 311 g/mol. The number of rotatable bonds is 4. The van der Waals surface area contributed by atoms with Crippen LogP contribution in [-0.2, 0) is 4.74 Å². The number of ether oxygens (including phenoxy) is 1. The Bertz CT molecular complexity index is 340.